The lowest BCUT2D eigenvalue weighted by atomic mass is 9.99. The first-order valence-corrected chi connectivity index (χ1v) is 7.55. The first-order chi connectivity index (χ1) is 9.66. The molecular weight excluding hydrogens is 270 g/mol. The van der Waals surface area contributed by atoms with Gasteiger partial charge in [-0.1, -0.05) is 41.7 Å². The zero-order valence-electron chi connectivity index (χ0n) is 11.2. The van der Waals surface area contributed by atoms with Crippen LogP contribution in [0.2, 0.25) is 0 Å². The van der Waals surface area contributed by atoms with Gasteiger partial charge in [0.2, 0.25) is 4.96 Å². The van der Waals surface area contributed by atoms with E-state index in [-0.39, 0.29) is 5.54 Å². The predicted molar refractivity (Wildman–Crippen MR) is 78.4 cm³/mol. The van der Waals surface area contributed by atoms with Crippen molar-refractivity contribution in [3.8, 4) is 11.4 Å². The molecule has 6 heteroatoms. The van der Waals surface area contributed by atoms with E-state index in [1.165, 1.54) is 12.8 Å². The Bertz CT molecular complexity index is 754. The van der Waals surface area contributed by atoms with Crippen LogP contribution in [-0.4, -0.2) is 19.8 Å². The number of aromatic nitrogens is 4. The molecule has 1 aliphatic rings. The molecule has 0 saturated heterocycles. The maximum Gasteiger partial charge on any atom is 0.235 e. The van der Waals surface area contributed by atoms with E-state index in [4.69, 9.17) is 5.73 Å². The van der Waals surface area contributed by atoms with Crippen LogP contribution in [-0.2, 0) is 5.54 Å². The van der Waals surface area contributed by atoms with E-state index >= 15 is 0 Å². The van der Waals surface area contributed by atoms with Crippen molar-refractivity contribution in [1.29, 1.82) is 0 Å². The van der Waals surface area contributed by atoms with Gasteiger partial charge in [0, 0.05) is 5.56 Å². The molecule has 3 aromatic rings. The number of benzene rings is 1. The topological polar surface area (TPSA) is 69.1 Å². The van der Waals surface area contributed by atoms with E-state index in [2.05, 4.69) is 22.2 Å². The van der Waals surface area contributed by atoms with Crippen LogP contribution >= 0.6 is 11.3 Å². The minimum absolute atomic E-state index is 0.348. The predicted octanol–water partition coefficient (Wildman–Crippen LogP) is 2.44. The lowest BCUT2D eigenvalue weighted by Crippen LogP contribution is -2.35. The molecule has 1 saturated carbocycles. The number of nitrogens with zero attached hydrogens (tertiary/aromatic N) is 4. The fourth-order valence-electron chi connectivity index (χ4n) is 2.46. The fraction of sp³-hybridized carbons (Fsp3) is 0.357. The molecule has 2 aromatic heterocycles. The highest BCUT2D eigenvalue weighted by Gasteiger charge is 2.42. The van der Waals surface area contributed by atoms with Crippen molar-refractivity contribution >= 4 is 16.3 Å². The number of hydrogen-bond acceptors (Lipinski definition) is 5. The Morgan fingerprint density at radius 1 is 1.25 bits per heavy atom. The Hall–Kier alpha value is -1.79. The van der Waals surface area contributed by atoms with Crippen LogP contribution in [0, 0.1) is 5.92 Å². The summed E-state index contributed by atoms with van der Waals surface area (Å²) in [6.07, 6.45) is 2.39. The number of rotatable bonds is 3. The third-order valence-electron chi connectivity index (χ3n) is 3.91. The number of nitrogens with two attached hydrogens (primary N) is 1. The molecule has 0 radical (unpaired) electrons. The average Bonchev–Trinajstić information content (AvgIpc) is 3.11. The van der Waals surface area contributed by atoms with Crippen molar-refractivity contribution in [2.75, 3.05) is 0 Å². The maximum absolute atomic E-state index is 6.44. The van der Waals surface area contributed by atoms with Gasteiger partial charge in [0.05, 0.1) is 5.54 Å². The molecule has 0 amide bonds. The third-order valence-corrected chi connectivity index (χ3v) is 5.06. The van der Waals surface area contributed by atoms with Gasteiger partial charge in [-0.25, -0.2) is 0 Å². The van der Waals surface area contributed by atoms with Gasteiger partial charge in [0.15, 0.2) is 5.82 Å². The van der Waals surface area contributed by atoms with Crippen LogP contribution in [0.25, 0.3) is 16.3 Å². The van der Waals surface area contributed by atoms with E-state index in [1.807, 2.05) is 34.8 Å². The Balaban J connectivity index is 1.83. The molecule has 20 heavy (non-hydrogen) atoms. The molecule has 2 N–H and O–H groups in total. The molecule has 4 rings (SSSR count). The standard InChI is InChI=1S/C14H15N5S/c1-14(15,10-7-8-10)12-18-19-11(16-17-13(19)20-12)9-5-3-2-4-6-9/h2-6,10H,7-8,15H2,1H3. The fourth-order valence-corrected chi connectivity index (χ4v) is 3.44. The van der Waals surface area contributed by atoms with Gasteiger partial charge in [-0.3, -0.25) is 0 Å². The summed E-state index contributed by atoms with van der Waals surface area (Å²) < 4.78 is 1.81. The molecule has 1 atom stereocenters. The molecule has 0 aliphatic heterocycles. The Morgan fingerprint density at radius 3 is 2.70 bits per heavy atom. The first-order valence-electron chi connectivity index (χ1n) is 6.73. The lowest BCUT2D eigenvalue weighted by Gasteiger charge is -2.20. The van der Waals surface area contributed by atoms with E-state index in [1.54, 1.807) is 11.3 Å². The zero-order chi connectivity index (χ0) is 13.7. The van der Waals surface area contributed by atoms with Crippen molar-refractivity contribution in [2.24, 2.45) is 11.7 Å². The molecular formula is C14H15N5S. The van der Waals surface area contributed by atoms with Crippen LogP contribution in [0.1, 0.15) is 24.8 Å². The van der Waals surface area contributed by atoms with Gasteiger partial charge in [0.1, 0.15) is 5.01 Å². The molecule has 2 heterocycles. The molecule has 5 nitrogen and oxygen atoms in total. The van der Waals surface area contributed by atoms with E-state index in [0.29, 0.717) is 5.92 Å². The third kappa shape index (κ3) is 1.76. The Morgan fingerprint density at radius 2 is 2.00 bits per heavy atom. The molecule has 1 aromatic carbocycles. The second kappa shape index (κ2) is 4.10. The van der Waals surface area contributed by atoms with Crippen molar-refractivity contribution in [3.63, 3.8) is 0 Å². The summed E-state index contributed by atoms with van der Waals surface area (Å²) in [6.45, 7) is 2.07. The van der Waals surface area contributed by atoms with Crippen LogP contribution in [0.5, 0.6) is 0 Å². The molecule has 0 bridgehead atoms. The van der Waals surface area contributed by atoms with Gasteiger partial charge in [-0.05, 0) is 25.7 Å². The van der Waals surface area contributed by atoms with Crippen molar-refractivity contribution in [1.82, 2.24) is 19.8 Å². The molecule has 1 unspecified atom stereocenters. The van der Waals surface area contributed by atoms with Crippen LogP contribution in [0.3, 0.4) is 0 Å². The molecule has 1 aliphatic carbocycles. The molecule has 102 valence electrons. The van der Waals surface area contributed by atoms with Crippen LogP contribution < -0.4 is 5.73 Å². The molecule has 0 spiro atoms. The number of fused-ring (bicyclic) bond motifs is 1. The normalized spacial score (nSPS) is 18.3. The van der Waals surface area contributed by atoms with Gasteiger partial charge < -0.3 is 5.73 Å². The van der Waals surface area contributed by atoms with Crippen molar-refractivity contribution in [2.45, 2.75) is 25.3 Å². The summed E-state index contributed by atoms with van der Waals surface area (Å²) in [5.41, 5.74) is 7.11. The highest BCUT2D eigenvalue weighted by molar-refractivity contribution is 7.16. The van der Waals surface area contributed by atoms with Crippen LogP contribution in [0.15, 0.2) is 30.3 Å². The second-order valence-corrected chi connectivity index (χ2v) is 6.50. The van der Waals surface area contributed by atoms with Gasteiger partial charge in [0.25, 0.3) is 0 Å². The highest BCUT2D eigenvalue weighted by atomic mass is 32.1. The summed E-state index contributed by atoms with van der Waals surface area (Å²) in [5.74, 6) is 1.32. The second-order valence-electron chi connectivity index (χ2n) is 5.55. The van der Waals surface area contributed by atoms with Gasteiger partial charge in [-0.2, -0.15) is 9.61 Å². The molecule has 1 fully saturated rings. The summed E-state index contributed by atoms with van der Waals surface area (Å²) in [5, 5.41) is 14.1. The highest BCUT2D eigenvalue weighted by Crippen LogP contribution is 2.44. The summed E-state index contributed by atoms with van der Waals surface area (Å²) in [7, 11) is 0. The Labute approximate surface area is 120 Å². The lowest BCUT2D eigenvalue weighted by molar-refractivity contribution is 0.420. The number of hydrogen-bond donors (Lipinski definition) is 1. The smallest absolute Gasteiger partial charge is 0.235 e. The minimum Gasteiger partial charge on any atom is -0.319 e. The summed E-state index contributed by atoms with van der Waals surface area (Å²) in [6, 6.07) is 9.98. The maximum atomic E-state index is 6.44. The van der Waals surface area contributed by atoms with Gasteiger partial charge >= 0.3 is 0 Å². The zero-order valence-corrected chi connectivity index (χ0v) is 12.0. The summed E-state index contributed by atoms with van der Waals surface area (Å²) >= 11 is 1.54. The van der Waals surface area contributed by atoms with E-state index in [9.17, 15) is 0 Å². The first kappa shape index (κ1) is 12.0. The van der Waals surface area contributed by atoms with E-state index in [0.717, 1.165) is 21.4 Å². The minimum atomic E-state index is -0.348. The largest absolute Gasteiger partial charge is 0.319 e. The monoisotopic (exact) mass is 285 g/mol. The van der Waals surface area contributed by atoms with Crippen molar-refractivity contribution < 1.29 is 0 Å². The summed E-state index contributed by atoms with van der Waals surface area (Å²) in [4.78, 5) is 0.802. The van der Waals surface area contributed by atoms with E-state index < -0.39 is 0 Å². The SMILES string of the molecule is CC(N)(c1nn2c(-c3ccccc3)nnc2s1)C1CC1. The van der Waals surface area contributed by atoms with Gasteiger partial charge in [-0.15, -0.1) is 10.2 Å². The quantitative estimate of drug-likeness (QED) is 0.802. The van der Waals surface area contributed by atoms with Crippen LogP contribution in [0.4, 0.5) is 0 Å². The average molecular weight is 285 g/mol. The van der Waals surface area contributed by atoms with Crippen molar-refractivity contribution in [3.05, 3.63) is 35.3 Å². The Kier molecular flexibility index (Phi) is 2.46.